The number of carbonyl (C=O) groups is 1. The normalized spacial score (nSPS) is 20.1. The highest BCUT2D eigenvalue weighted by molar-refractivity contribution is 6.31. The largest absolute Gasteiger partial charge is 0.396 e. The number of aliphatic hydroxyl groups excluding tert-OH is 1. The van der Waals surface area contributed by atoms with Crippen LogP contribution in [0.2, 0.25) is 5.02 Å². The summed E-state index contributed by atoms with van der Waals surface area (Å²) in [4.78, 5) is 14.3. The number of aliphatic hydroxyl groups is 1. The molecule has 1 aliphatic heterocycles. The van der Waals surface area contributed by atoms with Gasteiger partial charge in [0.2, 0.25) is 0 Å². The van der Waals surface area contributed by atoms with Gasteiger partial charge in [-0.3, -0.25) is 0 Å². The summed E-state index contributed by atoms with van der Waals surface area (Å²) >= 11 is 6.17. The summed E-state index contributed by atoms with van der Waals surface area (Å²) in [5.41, 5.74) is 0.920. The standard InChI is InChI=1S/C16H23ClN2O2/c1-12(14-7-2-3-8-15(14)17)18-16(21)19-10-5-4-6-13(19)9-11-20/h2-3,7-8,12-13,20H,4-6,9-11H2,1H3,(H,18,21). The van der Waals surface area contributed by atoms with Crippen LogP contribution in [0.4, 0.5) is 4.79 Å². The van der Waals surface area contributed by atoms with E-state index in [0.29, 0.717) is 11.4 Å². The number of hydrogen-bond acceptors (Lipinski definition) is 2. The Morgan fingerprint density at radius 1 is 1.48 bits per heavy atom. The van der Waals surface area contributed by atoms with Crippen LogP contribution in [0, 0.1) is 0 Å². The van der Waals surface area contributed by atoms with Crippen LogP contribution in [0.3, 0.4) is 0 Å². The zero-order valence-corrected chi connectivity index (χ0v) is 13.1. The molecular weight excluding hydrogens is 288 g/mol. The molecule has 0 bridgehead atoms. The second-order valence-electron chi connectivity index (χ2n) is 5.55. The van der Waals surface area contributed by atoms with Crippen LogP contribution in [0.25, 0.3) is 0 Å². The Labute approximate surface area is 131 Å². The van der Waals surface area contributed by atoms with Crippen LogP contribution in [-0.4, -0.2) is 35.2 Å². The number of likely N-dealkylation sites (tertiary alicyclic amines) is 1. The molecule has 0 saturated carbocycles. The molecule has 2 rings (SSSR count). The van der Waals surface area contributed by atoms with Crippen molar-refractivity contribution in [1.29, 1.82) is 0 Å². The summed E-state index contributed by atoms with van der Waals surface area (Å²) in [6.45, 7) is 2.81. The van der Waals surface area contributed by atoms with E-state index in [1.165, 1.54) is 0 Å². The van der Waals surface area contributed by atoms with Crippen molar-refractivity contribution in [2.45, 2.75) is 44.7 Å². The van der Waals surface area contributed by atoms with Crippen molar-refractivity contribution in [2.75, 3.05) is 13.2 Å². The summed E-state index contributed by atoms with van der Waals surface area (Å²) in [5.74, 6) is 0. The van der Waals surface area contributed by atoms with Crippen LogP contribution < -0.4 is 5.32 Å². The van der Waals surface area contributed by atoms with Gasteiger partial charge in [0.05, 0.1) is 6.04 Å². The minimum Gasteiger partial charge on any atom is -0.396 e. The zero-order chi connectivity index (χ0) is 15.2. The number of carbonyl (C=O) groups excluding carboxylic acids is 1. The van der Waals surface area contributed by atoms with E-state index < -0.39 is 0 Å². The number of piperidine rings is 1. The number of nitrogens with zero attached hydrogens (tertiary/aromatic N) is 1. The lowest BCUT2D eigenvalue weighted by Crippen LogP contribution is -2.49. The van der Waals surface area contributed by atoms with Crippen molar-refractivity contribution in [1.82, 2.24) is 10.2 Å². The fourth-order valence-corrected chi connectivity index (χ4v) is 3.19. The van der Waals surface area contributed by atoms with E-state index in [1.807, 2.05) is 36.1 Å². The predicted octanol–water partition coefficient (Wildman–Crippen LogP) is 3.35. The van der Waals surface area contributed by atoms with Crippen molar-refractivity contribution in [3.8, 4) is 0 Å². The van der Waals surface area contributed by atoms with Gasteiger partial charge in [-0.15, -0.1) is 0 Å². The van der Waals surface area contributed by atoms with Crippen molar-refractivity contribution in [2.24, 2.45) is 0 Å². The summed E-state index contributed by atoms with van der Waals surface area (Å²) in [7, 11) is 0. The first kappa shape index (κ1) is 16.1. The van der Waals surface area contributed by atoms with Gasteiger partial charge in [0.25, 0.3) is 0 Å². The molecule has 0 aromatic heterocycles. The predicted molar refractivity (Wildman–Crippen MR) is 84.4 cm³/mol. The minimum atomic E-state index is -0.136. The molecule has 1 aliphatic rings. The first-order valence-corrected chi connectivity index (χ1v) is 7.93. The first-order valence-electron chi connectivity index (χ1n) is 7.56. The van der Waals surface area contributed by atoms with E-state index >= 15 is 0 Å². The number of benzene rings is 1. The number of rotatable bonds is 4. The van der Waals surface area contributed by atoms with Gasteiger partial charge in [-0.25, -0.2) is 4.79 Å². The molecule has 0 spiro atoms. The minimum absolute atomic E-state index is 0.0689. The number of nitrogens with one attached hydrogen (secondary N) is 1. The molecule has 2 N–H and O–H groups in total. The number of hydrogen-bond donors (Lipinski definition) is 2. The summed E-state index contributed by atoms with van der Waals surface area (Å²) in [6.07, 6.45) is 3.76. The van der Waals surface area contributed by atoms with Crippen LogP contribution in [0.15, 0.2) is 24.3 Å². The highest BCUT2D eigenvalue weighted by Crippen LogP contribution is 2.24. The van der Waals surface area contributed by atoms with E-state index in [9.17, 15) is 4.79 Å². The van der Waals surface area contributed by atoms with Crippen LogP contribution in [-0.2, 0) is 0 Å². The van der Waals surface area contributed by atoms with E-state index in [1.54, 1.807) is 0 Å². The van der Waals surface area contributed by atoms with E-state index in [2.05, 4.69) is 5.32 Å². The molecule has 5 heteroatoms. The maximum Gasteiger partial charge on any atom is 0.318 e. The SMILES string of the molecule is CC(NC(=O)N1CCCCC1CCO)c1ccccc1Cl. The molecule has 1 aromatic rings. The summed E-state index contributed by atoms with van der Waals surface area (Å²) in [6, 6.07) is 7.48. The lowest BCUT2D eigenvalue weighted by Gasteiger charge is -2.36. The van der Waals surface area contributed by atoms with E-state index in [0.717, 1.165) is 31.4 Å². The molecule has 2 atom stereocenters. The fraction of sp³-hybridized carbons (Fsp3) is 0.562. The third-order valence-electron chi connectivity index (χ3n) is 4.06. The Hall–Kier alpha value is -1.26. The zero-order valence-electron chi connectivity index (χ0n) is 12.4. The van der Waals surface area contributed by atoms with Crippen LogP contribution >= 0.6 is 11.6 Å². The first-order chi connectivity index (χ1) is 10.1. The maximum atomic E-state index is 12.5. The second-order valence-corrected chi connectivity index (χ2v) is 5.96. The quantitative estimate of drug-likeness (QED) is 0.896. The second kappa shape index (κ2) is 7.66. The molecule has 21 heavy (non-hydrogen) atoms. The highest BCUT2D eigenvalue weighted by atomic mass is 35.5. The van der Waals surface area contributed by atoms with Gasteiger partial charge in [0, 0.05) is 24.2 Å². The van der Waals surface area contributed by atoms with Gasteiger partial charge >= 0.3 is 6.03 Å². The molecule has 116 valence electrons. The Kier molecular flexibility index (Phi) is 5.88. The molecule has 4 nitrogen and oxygen atoms in total. The summed E-state index contributed by atoms with van der Waals surface area (Å²) in [5, 5.41) is 12.8. The monoisotopic (exact) mass is 310 g/mol. The van der Waals surface area contributed by atoms with Crippen molar-refractivity contribution < 1.29 is 9.90 Å². The average Bonchev–Trinajstić information content (AvgIpc) is 2.48. The van der Waals surface area contributed by atoms with Crippen molar-refractivity contribution in [3.63, 3.8) is 0 Å². The van der Waals surface area contributed by atoms with Crippen molar-refractivity contribution >= 4 is 17.6 Å². The smallest absolute Gasteiger partial charge is 0.318 e. The Balaban J connectivity index is 2.01. The lowest BCUT2D eigenvalue weighted by atomic mass is 10.00. The number of halogens is 1. The third kappa shape index (κ3) is 4.11. The Morgan fingerprint density at radius 3 is 2.95 bits per heavy atom. The third-order valence-corrected chi connectivity index (χ3v) is 4.41. The van der Waals surface area contributed by atoms with Gasteiger partial charge in [-0.1, -0.05) is 29.8 Å². The maximum absolute atomic E-state index is 12.5. The van der Waals surface area contributed by atoms with Gasteiger partial charge in [0.15, 0.2) is 0 Å². The topological polar surface area (TPSA) is 52.6 Å². The molecule has 1 fully saturated rings. The molecule has 1 aromatic carbocycles. The van der Waals surface area contributed by atoms with Gasteiger partial charge in [0.1, 0.15) is 0 Å². The Bertz CT molecular complexity index is 479. The highest BCUT2D eigenvalue weighted by Gasteiger charge is 2.27. The average molecular weight is 311 g/mol. The Morgan fingerprint density at radius 2 is 2.24 bits per heavy atom. The fourth-order valence-electron chi connectivity index (χ4n) is 2.89. The molecule has 0 aliphatic carbocycles. The van der Waals surface area contributed by atoms with Crippen LogP contribution in [0.5, 0.6) is 0 Å². The van der Waals surface area contributed by atoms with Crippen molar-refractivity contribution in [3.05, 3.63) is 34.9 Å². The molecular formula is C16H23ClN2O2. The number of amides is 2. The summed E-state index contributed by atoms with van der Waals surface area (Å²) < 4.78 is 0. The molecule has 1 saturated heterocycles. The molecule has 2 amide bonds. The van der Waals surface area contributed by atoms with Gasteiger partial charge < -0.3 is 15.3 Å². The van der Waals surface area contributed by atoms with E-state index in [-0.39, 0.29) is 24.7 Å². The van der Waals surface area contributed by atoms with Gasteiger partial charge in [-0.05, 0) is 44.2 Å². The molecule has 0 radical (unpaired) electrons. The van der Waals surface area contributed by atoms with Gasteiger partial charge in [-0.2, -0.15) is 0 Å². The van der Waals surface area contributed by atoms with Crippen LogP contribution in [0.1, 0.15) is 44.2 Å². The molecule has 1 heterocycles. The van der Waals surface area contributed by atoms with E-state index in [4.69, 9.17) is 16.7 Å². The number of urea groups is 1. The lowest BCUT2D eigenvalue weighted by molar-refractivity contribution is 0.130. The molecule has 2 unspecified atom stereocenters.